The minimum atomic E-state index is 0.146. The molecular weight excluding hydrogens is 310 g/mol. The van der Waals surface area contributed by atoms with Gasteiger partial charge in [0.05, 0.1) is 12.3 Å². The minimum absolute atomic E-state index is 0.146. The van der Waals surface area contributed by atoms with E-state index in [1.165, 1.54) is 0 Å². The second-order valence-corrected chi connectivity index (χ2v) is 6.61. The standard InChI is InChI=1S/C17H15N3O2S/c21-15(9-14-7-4-8-23-14)20-10-13(11-20)17-18-16(19-22-17)12-5-2-1-3-6-12/h1-8,13H,9-11H2. The van der Waals surface area contributed by atoms with Crippen molar-refractivity contribution in [1.29, 1.82) is 0 Å². The van der Waals surface area contributed by atoms with Crippen LogP contribution in [-0.2, 0) is 11.2 Å². The molecule has 0 bridgehead atoms. The van der Waals surface area contributed by atoms with E-state index in [1.54, 1.807) is 11.3 Å². The van der Waals surface area contributed by atoms with E-state index in [1.807, 2.05) is 52.7 Å². The van der Waals surface area contributed by atoms with Crippen molar-refractivity contribution in [1.82, 2.24) is 15.0 Å². The van der Waals surface area contributed by atoms with Crippen molar-refractivity contribution in [2.45, 2.75) is 12.3 Å². The number of aromatic nitrogens is 2. The summed E-state index contributed by atoms with van der Waals surface area (Å²) in [5, 5.41) is 6.02. The molecule has 6 heteroatoms. The summed E-state index contributed by atoms with van der Waals surface area (Å²) < 4.78 is 5.36. The Hall–Kier alpha value is -2.47. The molecule has 5 nitrogen and oxygen atoms in total. The first-order chi connectivity index (χ1) is 11.3. The highest BCUT2D eigenvalue weighted by atomic mass is 32.1. The molecule has 0 saturated carbocycles. The number of benzene rings is 1. The van der Waals surface area contributed by atoms with Gasteiger partial charge in [0.15, 0.2) is 0 Å². The highest BCUT2D eigenvalue weighted by Crippen LogP contribution is 2.28. The third-order valence-corrected chi connectivity index (χ3v) is 4.84. The number of carbonyl (C=O) groups excluding carboxylic acids is 1. The van der Waals surface area contributed by atoms with E-state index < -0.39 is 0 Å². The molecule has 1 amide bonds. The lowest BCUT2D eigenvalue weighted by Crippen LogP contribution is -2.49. The van der Waals surface area contributed by atoms with Gasteiger partial charge in [0.2, 0.25) is 17.6 Å². The summed E-state index contributed by atoms with van der Waals surface area (Å²) >= 11 is 1.61. The molecule has 1 fully saturated rings. The fourth-order valence-corrected chi connectivity index (χ4v) is 3.31. The van der Waals surface area contributed by atoms with Crippen molar-refractivity contribution >= 4 is 17.2 Å². The second kappa shape index (κ2) is 5.96. The number of rotatable bonds is 4. The topological polar surface area (TPSA) is 59.2 Å². The third-order valence-electron chi connectivity index (χ3n) is 3.96. The number of nitrogens with zero attached hydrogens (tertiary/aromatic N) is 3. The number of thiophene rings is 1. The van der Waals surface area contributed by atoms with Crippen LogP contribution in [0, 0.1) is 0 Å². The summed E-state index contributed by atoms with van der Waals surface area (Å²) in [5.74, 6) is 1.52. The largest absolute Gasteiger partial charge is 0.341 e. The van der Waals surface area contributed by atoms with Gasteiger partial charge in [0, 0.05) is 23.5 Å². The molecule has 1 aliphatic rings. The van der Waals surface area contributed by atoms with Gasteiger partial charge in [-0.1, -0.05) is 41.6 Å². The van der Waals surface area contributed by atoms with Crippen LogP contribution in [0.1, 0.15) is 16.7 Å². The van der Waals surface area contributed by atoms with Crippen molar-refractivity contribution in [2.75, 3.05) is 13.1 Å². The summed E-state index contributed by atoms with van der Waals surface area (Å²) in [4.78, 5) is 19.6. The number of hydrogen-bond acceptors (Lipinski definition) is 5. The van der Waals surface area contributed by atoms with Crippen LogP contribution >= 0.6 is 11.3 Å². The van der Waals surface area contributed by atoms with Gasteiger partial charge in [-0.3, -0.25) is 4.79 Å². The lowest BCUT2D eigenvalue weighted by Gasteiger charge is -2.37. The molecule has 116 valence electrons. The lowest BCUT2D eigenvalue weighted by molar-refractivity contribution is -0.135. The molecule has 0 atom stereocenters. The van der Waals surface area contributed by atoms with Gasteiger partial charge in [-0.15, -0.1) is 11.3 Å². The Morgan fingerprint density at radius 1 is 1.22 bits per heavy atom. The van der Waals surface area contributed by atoms with Crippen molar-refractivity contribution in [3.8, 4) is 11.4 Å². The maximum atomic E-state index is 12.2. The number of carbonyl (C=O) groups is 1. The summed E-state index contributed by atoms with van der Waals surface area (Å²) in [6, 6.07) is 13.7. The van der Waals surface area contributed by atoms with Crippen LogP contribution in [-0.4, -0.2) is 34.0 Å². The van der Waals surface area contributed by atoms with Gasteiger partial charge >= 0.3 is 0 Å². The fraction of sp³-hybridized carbons (Fsp3) is 0.235. The number of amides is 1. The molecule has 4 rings (SSSR count). The average Bonchev–Trinajstić information content (AvgIpc) is 3.18. The fourth-order valence-electron chi connectivity index (χ4n) is 2.62. The van der Waals surface area contributed by atoms with Crippen molar-refractivity contribution in [3.63, 3.8) is 0 Å². The van der Waals surface area contributed by atoms with E-state index in [-0.39, 0.29) is 11.8 Å². The maximum Gasteiger partial charge on any atom is 0.233 e. The Morgan fingerprint density at radius 3 is 2.78 bits per heavy atom. The molecule has 0 spiro atoms. The Balaban J connectivity index is 1.37. The van der Waals surface area contributed by atoms with Crippen LogP contribution in [0.2, 0.25) is 0 Å². The van der Waals surface area contributed by atoms with Crippen molar-refractivity contribution in [3.05, 3.63) is 58.6 Å². The average molecular weight is 325 g/mol. The maximum absolute atomic E-state index is 12.2. The normalized spacial score (nSPS) is 14.7. The van der Waals surface area contributed by atoms with Gasteiger partial charge in [0.25, 0.3) is 0 Å². The molecule has 1 aliphatic heterocycles. The molecule has 3 aromatic rings. The summed E-state index contributed by atoms with van der Waals surface area (Å²) in [6.45, 7) is 1.31. The Labute approximate surface area is 137 Å². The smallest absolute Gasteiger partial charge is 0.233 e. The van der Waals surface area contributed by atoms with Crippen LogP contribution in [0.25, 0.3) is 11.4 Å². The molecule has 2 aromatic heterocycles. The molecule has 1 aromatic carbocycles. The number of likely N-dealkylation sites (tertiary alicyclic amines) is 1. The number of hydrogen-bond donors (Lipinski definition) is 0. The Bertz CT molecular complexity index is 792. The zero-order chi connectivity index (χ0) is 15.6. The second-order valence-electron chi connectivity index (χ2n) is 5.57. The van der Waals surface area contributed by atoms with Crippen LogP contribution in [0.4, 0.5) is 0 Å². The predicted molar refractivity (Wildman–Crippen MR) is 87.1 cm³/mol. The molecule has 0 unspecified atom stereocenters. The summed E-state index contributed by atoms with van der Waals surface area (Å²) in [5.41, 5.74) is 0.937. The summed E-state index contributed by atoms with van der Waals surface area (Å²) in [6.07, 6.45) is 0.476. The summed E-state index contributed by atoms with van der Waals surface area (Å²) in [7, 11) is 0. The quantitative estimate of drug-likeness (QED) is 0.740. The van der Waals surface area contributed by atoms with Gasteiger partial charge in [-0.25, -0.2) is 0 Å². The molecule has 0 radical (unpaired) electrons. The van der Waals surface area contributed by atoms with Crippen LogP contribution in [0.3, 0.4) is 0 Å². The first-order valence-electron chi connectivity index (χ1n) is 7.49. The van der Waals surface area contributed by atoms with Gasteiger partial charge in [-0.05, 0) is 11.4 Å². The predicted octanol–water partition coefficient (Wildman–Crippen LogP) is 2.97. The first kappa shape index (κ1) is 14.1. The van der Waals surface area contributed by atoms with E-state index >= 15 is 0 Å². The molecule has 0 N–H and O–H groups in total. The van der Waals surface area contributed by atoms with Crippen LogP contribution in [0.15, 0.2) is 52.4 Å². The van der Waals surface area contributed by atoms with Gasteiger partial charge < -0.3 is 9.42 Å². The van der Waals surface area contributed by atoms with E-state index in [9.17, 15) is 4.79 Å². The van der Waals surface area contributed by atoms with E-state index in [4.69, 9.17) is 4.52 Å². The van der Waals surface area contributed by atoms with E-state index in [2.05, 4.69) is 10.1 Å². The van der Waals surface area contributed by atoms with Gasteiger partial charge in [0.1, 0.15) is 0 Å². The Kier molecular flexibility index (Phi) is 3.67. The molecule has 0 aliphatic carbocycles. The first-order valence-corrected chi connectivity index (χ1v) is 8.37. The third kappa shape index (κ3) is 2.90. The molecule has 3 heterocycles. The Morgan fingerprint density at radius 2 is 2.04 bits per heavy atom. The van der Waals surface area contributed by atoms with Gasteiger partial charge in [-0.2, -0.15) is 4.98 Å². The van der Waals surface area contributed by atoms with Crippen molar-refractivity contribution in [2.24, 2.45) is 0 Å². The minimum Gasteiger partial charge on any atom is -0.341 e. The monoisotopic (exact) mass is 325 g/mol. The lowest BCUT2D eigenvalue weighted by atomic mass is 9.99. The SMILES string of the molecule is O=C(Cc1cccs1)N1CC(c2nc(-c3ccccc3)no2)C1. The van der Waals surface area contributed by atoms with Crippen molar-refractivity contribution < 1.29 is 9.32 Å². The molecular formula is C17H15N3O2S. The van der Waals surface area contributed by atoms with E-state index in [0.717, 1.165) is 10.4 Å². The zero-order valence-corrected chi connectivity index (χ0v) is 13.2. The van der Waals surface area contributed by atoms with Crippen LogP contribution in [0.5, 0.6) is 0 Å². The highest BCUT2D eigenvalue weighted by Gasteiger charge is 2.35. The zero-order valence-electron chi connectivity index (χ0n) is 12.4. The molecule has 23 heavy (non-hydrogen) atoms. The molecule has 1 saturated heterocycles. The van der Waals surface area contributed by atoms with E-state index in [0.29, 0.717) is 31.2 Å². The van der Waals surface area contributed by atoms with Crippen LogP contribution < -0.4 is 0 Å². The highest BCUT2D eigenvalue weighted by molar-refractivity contribution is 7.10.